The van der Waals surface area contributed by atoms with Crippen molar-refractivity contribution in [3.05, 3.63) is 29.3 Å². The van der Waals surface area contributed by atoms with E-state index >= 15 is 0 Å². The van der Waals surface area contributed by atoms with Crippen molar-refractivity contribution in [2.45, 2.75) is 61.1 Å². The van der Waals surface area contributed by atoms with E-state index in [0.717, 1.165) is 12.1 Å². The van der Waals surface area contributed by atoms with Crippen molar-refractivity contribution in [2.75, 3.05) is 6.54 Å². The Kier molecular flexibility index (Phi) is 10.7. The molecule has 0 heterocycles. The van der Waals surface area contributed by atoms with Gasteiger partial charge in [-0.05, 0) is 17.0 Å². The Labute approximate surface area is 236 Å². The van der Waals surface area contributed by atoms with Gasteiger partial charge in [0, 0.05) is 11.8 Å². The molecule has 0 aliphatic carbocycles. The molecular weight excluding hydrogens is 720 g/mol. The van der Waals surface area contributed by atoms with Gasteiger partial charge in [-0.25, -0.2) is 0 Å². The summed E-state index contributed by atoms with van der Waals surface area (Å²) in [7, 11) is -3.43. The minimum atomic E-state index is -13.2. The van der Waals surface area contributed by atoms with E-state index in [0.29, 0.717) is 0 Å². The first-order chi connectivity index (χ1) is 17.5. The zero-order valence-corrected chi connectivity index (χ0v) is 23.9. The molecule has 0 saturated heterocycles. The molecule has 1 aromatic carbocycles. The molecule has 242 valence electrons. The first-order valence-electron chi connectivity index (χ1n) is 9.81. The number of rotatable bonds is 9. The Bertz CT molecular complexity index is 1120. The van der Waals surface area contributed by atoms with Crippen molar-refractivity contribution in [3.8, 4) is 5.75 Å². The molecule has 0 bridgehead atoms. The minimum absolute atomic E-state index is 0.0943. The van der Waals surface area contributed by atoms with Crippen LogP contribution in [0.3, 0.4) is 0 Å². The van der Waals surface area contributed by atoms with Crippen LogP contribution in [-0.4, -0.2) is 52.7 Å². The maximum atomic E-state index is 13.8. The van der Waals surface area contributed by atoms with Crippen LogP contribution in [-0.2, 0) is 22.4 Å². The van der Waals surface area contributed by atoms with Crippen LogP contribution in [0.1, 0.15) is 31.9 Å². The van der Waals surface area contributed by atoms with E-state index in [2.05, 4.69) is 4.99 Å². The average Bonchev–Trinajstić information content (AvgIpc) is 2.72. The van der Waals surface area contributed by atoms with Crippen LogP contribution >= 0.6 is 28.8 Å². The predicted octanol–water partition coefficient (Wildman–Crippen LogP) is 10.6. The van der Waals surface area contributed by atoms with E-state index in [1.54, 1.807) is 0 Å². The number of aromatic hydroxyl groups is 1. The molecule has 1 N–H and O–H groups in total. The molecule has 0 aliphatic rings. The number of phenols is 1. The molecular formula is C18H16Cl2F17NOSTi. The SMILES string of the molecule is CC(C)(C)c1cccc(C=NCC(F)(F)C(F)(F)C(F)(F)C(F)(F)C(F)(F)C(F)(F)S(F)(F)(F)(F)F)c1O.[Cl][Ti][Cl]. The summed E-state index contributed by atoms with van der Waals surface area (Å²) >= 11 is -0.556. The molecule has 0 amide bonds. The van der Waals surface area contributed by atoms with Gasteiger partial charge < -0.3 is 5.11 Å². The van der Waals surface area contributed by atoms with E-state index in [4.69, 9.17) is 18.6 Å². The summed E-state index contributed by atoms with van der Waals surface area (Å²) in [5, 5.41) is 0.710. The summed E-state index contributed by atoms with van der Waals surface area (Å²) in [6.45, 7) is 1.56. The van der Waals surface area contributed by atoms with Gasteiger partial charge in [0.15, 0.2) is 0 Å². The predicted molar refractivity (Wildman–Crippen MR) is 114 cm³/mol. The van der Waals surface area contributed by atoms with Crippen LogP contribution in [0.25, 0.3) is 0 Å². The van der Waals surface area contributed by atoms with Crippen molar-refractivity contribution >= 4 is 35.0 Å². The van der Waals surface area contributed by atoms with Gasteiger partial charge in [0.25, 0.3) is 0 Å². The molecule has 0 spiro atoms. The quantitative estimate of drug-likeness (QED) is 0.153. The number of hydrogen-bond donors (Lipinski definition) is 1. The van der Waals surface area contributed by atoms with Gasteiger partial charge in [-0.15, -0.1) is 0 Å². The van der Waals surface area contributed by atoms with Crippen molar-refractivity contribution in [1.82, 2.24) is 0 Å². The zero-order chi connectivity index (χ0) is 33.6. The van der Waals surface area contributed by atoms with E-state index in [9.17, 15) is 77.2 Å². The third-order valence-corrected chi connectivity index (χ3v) is 6.11. The molecule has 0 saturated carbocycles. The molecule has 0 aliphatic heterocycles. The number of halogens is 19. The fourth-order valence-corrected chi connectivity index (χ4v) is 3.29. The standard InChI is InChI=1S/C18H16F17NOS.2ClH.Ti/c1-12(2,3)10-6-4-5-9(11(10)37)7-36-8-13(19,20)14(21,22)15(23,24)16(25,26)17(27,28)18(29,30)38(31,32,33,34)35;;;/h4-7,37H,8H2,1-3H3;2*1H;/q;;;+2/p-2. The number of nitrogens with zero attached hydrogens (tertiary/aromatic N) is 1. The van der Waals surface area contributed by atoms with Crippen LogP contribution < -0.4 is 0 Å². The Balaban J connectivity index is 0.00000509. The molecule has 41 heavy (non-hydrogen) atoms. The number of para-hydroxylation sites is 1. The molecule has 2 nitrogen and oxygen atoms in total. The first kappa shape index (κ1) is 40.1. The molecule has 0 radical (unpaired) electrons. The Hall–Kier alpha value is -0.856. The monoisotopic (exact) mass is 735 g/mol. The van der Waals surface area contributed by atoms with Crippen molar-refractivity contribution < 1.29 is 94.3 Å². The van der Waals surface area contributed by atoms with Crippen molar-refractivity contribution in [1.29, 1.82) is 0 Å². The molecule has 1 rings (SSSR count). The van der Waals surface area contributed by atoms with Crippen molar-refractivity contribution in [3.63, 3.8) is 0 Å². The van der Waals surface area contributed by atoms with Gasteiger partial charge in [-0.1, -0.05) is 52.3 Å². The third-order valence-electron chi connectivity index (χ3n) is 4.89. The molecule has 0 aromatic heterocycles. The van der Waals surface area contributed by atoms with E-state index in [-0.39, 0.29) is 11.8 Å². The second kappa shape index (κ2) is 10.9. The van der Waals surface area contributed by atoms with Crippen molar-refractivity contribution in [2.24, 2.45) is 4.99 Å². The number of benzene rings is 1. The summed E-state index contributed by atoms with van der Waals surface area (Å²) in [5.41, 5.74) is -1.28. The Morgan fingerprint density at radius 1 is 0.756 bits per heavy atom. The fraction of sp³-hybridized carbons (Fsp3) is 0.611. The number of alkyl halides is 12. The fourth-order valence-electron chi connectivity index (χ4n) is 2.68. The van der Waals surface area contributed by atoms with Gasteiger partial charge in [0.2, 0.25) is 0 Å². The topological polar surface area (TPSA) is 32.6 Å². The van der Waals surface area contributed by atoms with Gasteiger partial charge in [-0.2, -0.15) is 52.7 Å². The summed E-state index contributed by atoms with van der Waals surface area (Å²) in [5.74, 6) is -41.7. The molecule has 1 aromatic rings. The van der Waals surface area contributed by atoms with Gasteiger partial charge in [0.05, 0.1) is 0 Å². The van der Waals surface area contributed by atoms with Gasteiger partial charge in [-0.3, -0.25) is 4.99 Å². The summed E-state index contributed by atoms with van der Waals surface area (Å²) in [6.07, 6.45) is 0.113. The zero-order valence-electron chi connectivity index (χ0n) is 20.0. The van der Waals surface area contributed by atoms with Crippen LogP contribution in [0, 0.1) is 0 Å². The van der Waals surface area contributed by atoms with E-state index < -0.39 is 85.4 Å². The van der Waals surface area contributed by atoms with Gasteiger partial charge >= 0.3 is 80.7 Å². The summed E-state index contributed by atoms with van der Waals surface area (Å²) in [4.78, 5) is 2.51. The van der Waals surface area contributed by atoms with E-state index in [1.165, 1.54) is 26.8 Å². The second-order valence-corrected chi connectivity index (χ2v) is 14.1. The number of aliphatic imine (C=N–C) groups is 1. The normalized spacial score (nSPS) is 16.5. The molecule has 0 fully saturated rings. The first-order valence-corrected chi connectivity index (χ1v) is 16.1. The number of phenolic OH excluding ortho intramolecular Hbond substituents is 1. The second-order valence-electron chi connectivity index (χ2n) is 9.02. The third kappa shape index (κ3) is 7.28. The van der Waals surface area contributed by atoms with E-state index in [1.807, 2.05) is 0 Å². The molecule has 0 unspecified atom stereocenters. The van der Waals surface area contributed by atoms with Crippen LogP contribution in [0.4, 0.5) is 72.1 Å². The summed E-state index contributed by atoms with van der Waals surface area (Å²) < 4.78 is 223. The van der Waals surface area contributed by atoms with Gasteiger partial charge in [0.1, 0.15) is 12.3 Å². The Morgan fingerprint density at radius 3 is 1.51 bits per heavy atom. The number of hydrogen-bond acceptors (Lipinski definition) is 2. The maximum absolute atomic E-state index is 13.8. The Morgan fingerprint density at radius 2 is 1.15 bits per heavy atom. The summed E-state index contributed by atoms with van der Waals surface area (Å²) in [6, 6.07) is 3.35. The van der Waals surface area contributed by atoms with Crippen LogP contribution in [0.2, 0.25) is 0 Å². The molecule has 0 atom stereocenters. The average molecular weight is 736 g/mol. The van der Waals surface area contributed by atoms with Crippen LogP contribution in [0.5, 0.6) is 5.75 Å². The van der Waals surface area contributed by atoms with Crippen LogP contribution in [0.15, 0.2) is 23.2 Å². The molecule has 23 heteroatoms.